The molecule has 0 saturated carbocycles. The van der Waals surface area contributed by atoms with Gasteiger partial charge in [0.15, 0.2) is 0 Å². The SMILES string of the molecule is COc1ccc(C(=O)O)c(-c2ccco2)c1. The van der Waals surface area contributed by atoms with Gasteiger partial charge in [0.2, 0.25) is 0 Å². The summed E-state index contributed by atoms with van der Waals surface area (Å²) in [5.74, 6) is 0.113. The van der Waals surface area contributed by atoms with Gasteiger partial charge in [0.25, 0.3) is 0 Å². The predicted octanol–water partition coefficient (Wildman–Crippen LogP) is 2.65. The van der Waals surface area contributed by atoms with Crippen molar-refractivity contribution in [3.05, 3.63) is 42.2 Å². The van der Waals surface area contributed by atoms with E-state index >= 15 is 0 Å². The van der Waals surface area contributed by atoms with Gasteiger partial charge in [-0.25, -0.2) is 4.79 Å². The Morgan fingerprint density at radius 3 is 2.75 bits per heavy atom. The van der Waals surface area contributed by atoms with Crippen molar-refractivity contribution in [2.75, 3.05) is 7.11 Å². The Hall–Kier alpha value is -2.23. The highest BCUT2D eigenvalue weighted by atomic mass is 16.5. The van der Waals surface area contributed by atoms with Gasteiger partial charge in [-0.15, -0.1) is 0 Å². The average molecular weight is 218 g/mol. The van der Waals surface area contributed by atoms with E-state index in [1.807, 2.05) is 0 Å². The lowest BCUT2D eigenvalue weighted by Crippen LogP contribution is -1.99. The molecule has 82 valence electrons. The molecule has 16 heavy (non-hydrogen) atoms. The smallest absolute Gasteiger partial charge is 0.336 e. The van der Waals surface area contributed by atoms with E-state index in [0.29, 0.717) is 17.1 Å². The van der Waals surface area contributed by atoms with E-state index in [1.54, 1.807) is 24.3 Å². The van der Waals surface area contributed by atoms with Crippen LogP contribution in [-0.4, -0.2) is 18.2 Å². The first kappa shape index (κ1) is 10.3. The summed E-state index contributed by atoms with van der Waals surface area (Å²) in [6, 6.07) is 8.17. The Morgan fingerprint density at radius 1 is 1.38 bits per heavy atom. The Labute approximate surface area is 92.1 Å². The van der Waals surface area contributed by atoms with Crippen LogP contribution in [0, 0.1) is 0 Å². The number of ether oxygens (including phenoxy) is 1. The van der Waals surface area contributed by atoms with Crippen molar-refractivity contribution in [3.8, 4) is 17.1 Å². The highest BCUT2D eigenvalue weighted by Crippen LogP contribution is 2.28. The zero-order valence-corrected chi connectivity index (χ0v) is 8.64. The molecule has 0 aliphatic heterocycles. The quantitative estimate of drug-likeness (QED) is 0.860. The van der Waals surface area contributed by atoms with E-state index in [0.717, 1.165) is 0 Å². The second-order valence-corrected chi connectivity index (χ2v) is 3.19. The van der Waals surface area contributed by atoms with Crippen LogP contribution in [0.2, 0.25) is 0 Å². The summed E-state index contributed by atoms with van der Waals surface area (Å²) in [6.45, 7) is 0. The van der Waals surface area contributed by atoms with Crippen LogP contribution in [0.1, 0.15) is 10.4 Å². The Bertz CT molecular complexity index is 500. The molecule has 1 N–H and O–H groups in total. The number of carboxylic acid groups (broad SMARTS) is 1. The summed E-state index contributed by atoms with van der Waals surface area (Å²) < 4.78 is 10.2. The fraction of sp³-hybridized carbons (Fsp3) is 0.0833. The molecule has 0 fully saturated rings. The molecule has 2 rings (SSSR count). The third kappa shape index (κ3) is 1.77. The molecule has 1 aromatic carbocycles. The number of aromatic carboxylic acids is 1. The van der Waals surface area contributed by atoms with Crippen molar-refractivity contribution < 1.29 is 19.1 Å². The Balaban J connectivity index is 2.59. The van der Waals surface area contributed by atoms with Gasteiger partial charge < -0.3 is 14.3 Å². The number of carbonyl (C=O) groups is 1. The number of rotatable bonds is 3. The van der Waals surface area contributed by atoms with Crippen LogP contribution >= 0.6 is 0 Å². The summed E-state index contributed by atoms with van der Waals surface area (Å²) in [6.07, 6.45) is 1.50. The second-order valence-electron chi connectivity index (χ2n) is 3.19. The lowest BCUT2D eigenvalue weighted by Gasteiger charge is -2.06. The molecule has 4 heteroatoms. The monoisotopic (exact) mass is 218 g/mol. The van der Waals surface area contributed by atoms with Crippen molar-refractivity contribution >= 4 is 5.97 Å². The maximum absolute atomic E-state index is 11.0. The number of hydrogen-bond donors (Lipinski definition) is 1. The summed E-state index contributed by atoms with van der Waals surface area (Å²) in [4.78, 5) is 11.0. The van der Waals surface area contributed by atoms with Gasteiger partial charge >= 0.3 is 5.97 Å². The molecule has 0 radical (unpaired) electrons. The lowest BCUT2D eigenvalue weighted by molar-refractivity contribution is 0.0697. The normalized spacial score (nSPS) is 10.1. The molecule has 0 spiro atoms. The first-order valence-electron chi connectivity index (χ1n) is 4.67. The molecule has 2 aromatic rings. The third-order valence-corrected chi connectivity index (χ3v) is 2.24. The minimum Gasteiger partial charge on any atom is -0.497 e. The van der Waals surface area contributed by atoms with E-state index in [1.165, 1.54) is 19.4 Å². The fourth-order valence-electron chi connectivity index (χ4n) is 1.47. The molecule has 0 aliphatic carbocycles. The van der Waals surface area contributed by atoms with Crippen LogP contribution in [0.4, 0.5) is 0 Å². The molecule has 0 amide bonds. The van der Waals surface area contributed by atoms with Gasteiger partial charge in [-0.3, -0.25) is 0 Å². The molecular formula is C12H10O4. The van der Waals surface area contributed by atoms with Crippen molar-refractivity contribution in [1.82, 2.24) is 0 Å². The lowest BCUT2D eigenvalue weighted by atomic mass is 10.1. The van der Waals surface area contributed by atoms with Gasteiger partial charge in [-0.2, -0.15) is 0 Å². The van der Waals surface area contributed by atoms with E-state index < -0.39 is 5.97 Å². The van der Waals surface area contributed by atoms with Gasteiger partial charge in [-0.1, -0.05) is 0 Å². The molecular weight excluding hydrogens is 208 g/mol. The number of methoxy groups -OCH3 is 1. The topological polar surface area (TPSA) is 59.7 Å². The van der Waals surface area contributed by atoms with Crippen LogP contribution < -0.4 is 4.74 Å². The van der Waals surface area contributed by atoms with E-state index in [4.69, 9.17) is 14.3 Å². The van der Waals surface area contributed by atoms with E-state index in [2.05, 4.69) is 0 Å². The van der Waals surface area contributed by atoms with Crippen LogP contribution in [-0.2, 0) is 0 Å². The van der Waals surface area contributed by atoms with Crippen LogP contribution in [0.15, 0.2) is 41.0 Å². The van der Waals surface area contributed by atoms with Crippen molar-refractivity contribution in [1.29, 1.82) is 0 Å². The number of carboxylic acids is 1. The van der Waals surface area contributed by atoms with Crippen molar-refractivity contribution in [3.63, 3.8) is 0 Å². The van der Waals surface area contributed by atoms with Crippen LogP contribution in [0.3, 0.4) is 0 Å². The summed E-state index contributed by atoms with van der Waals surface area (Å²) in [5, 5.41) is 9.05. The Kier molecular flexibility index (Phi) is 2.64. The van der Waals surface area contributed by atoms with Gasteiger partial charge in [-0.05, 0) is 30.3 Å². The summed E-state index contributed by atoms with van der Waals surface area (Å²) >= 11 is 0. The number of hydrogen-bond acceptors (Lipinski definition) is 3. The highest BCUT2D eigenvalue weighted by molar-refractivity contribution is 5.95. The summed E-state index contributed by atoms with van der Waals surface area (Å²) in [5.41, 5.74) is 0.701. The molecule has 0 saturated heterocycles. The Morgan fingerprint density at radius 2 is 2.19 bits per heavy atom. The zero-order valence-electron chi connectivity index (χ0n) is 8.64. The fourth-order valence-corrected chi connectivity index (χ4v) is 1.47. The maximum atomic E-state index is 11.0. The highest BCUT2D eigenvalue weighted by Gasteiger charge is 2.14. The minimum absolute atomic E-state index is 0.191. The van der Waals surface area contributed by atoms with Gasteiger partial charge in [0.05, 0.1) is 18.9 Å². The maximum Gasteiger partial charge on any atom is 0.336 e. The van der Waals surface area contributed by atoms with Crippen molar-refractivity contribution in [2.45, 2.75) is 0 Å². The number of benzene rings is 1. The van der Waals surface area contributed by atoms with Crippen LogP contribution in [0.25, 0.3) is 11.3 Å². The molecule has 4 nitrogen and oxygen atoms in total. The molecule has 0 unspecified atom stereocenters. The van der Waals surface area contributed by atoms with E-state index in [-0.39, 0.29) is 5.56 Å². The minimum atomic E-state index is -0.992. The van der Waals surface area contributed by atoms with E-state index in [9.17, 15) is 4.79 Å². The molecule has 0 bridgehead atoms. The third-order valence-electron chi connectivity index (χ3n) is 2.24. The average Bonchev–Trinajstić information content (AvgIpc) is 2.81. The van der Waals surface area contributed by atoms with Gasteiger partial charge in [0.1, 0.15) is 11.5 Å². The predicted molar refractivity (Wildman–Crippen MR) is 57.7 cm³/mol. The number of furan rings is 1. The first-order valence-corrected chi connectivity index (χ1v) is 4.67. The zero-order chi connectivity index (χ0) is 11.5. The molecule has 0 aliphatic rings. The first-order chi connectivity index (χ1) is 7.72. The second kappa shape index (κ2) is 4.10. The standard InChI is InChI=1S/C12H10O4/c1-15-8-4-5-9(12(13)14)10(7-8)11-3-2-6-16-11/h2-7H,1H3,(H,13,14). The molecule has 0 atom stereocenters. The molecule has 1 aromatic heterocycles. The summed E-state index contributed by atoms with van der Waals surface area (Å²) in [7, 11) is 1.53. The van der Waals surface area contributed by atoms with Crippen LogP contribution in [0.5, 0.6) is 5.75 Å². The molecule has 1 heterocycles. The largest absolute Gasteiger partial charge is 0.497 e. The van der Waals surface area contributed by atoms with Crippen molar-refractivity contribution in [2.24, 2.45) is 0 Å². The van der Waals surface area contributed by atoms with Gasteiger partial charge in [0, 0.05) is 5.56 Å².